The van der Waals surface area contributed by atoms with Crippen molar-refractivity contribution in [2.75, 3.05) is 0 Å². The molecule has 5 heteroatoms. The summed E-state index contributed by atoms with van der Waals surface area (Å²) >= 11 is 3.30. The topological polar surface area (TPSA) is 50.9 Å². The normalized spacial score (nSPS) is 14.6. The molecule has 2 aromatic rings. The van der Waals surface area contributed by atoms with E-state index in [1.165, 1.54) is 0 Å². The van der Waals surface area contributed by atoms with Gasteiger partial charge in [-0.05, 0) is 21.5 Å². The minimum atomic E-state index is -0.633. The molecule has 0 aliphatic heterocycles. The molecule has 2 rings (SSSR count). The summed E-state index contributed by atoms with van der Waals surface area (Å²) in [6, 6.07) is 9.91. The lowest BCUT2D eigenvalue weighted by molar-refractivity contribution is 0.141. The van der Waals surface area contributed by atoms with E-state index in [1.54, 1.807) is 11.7 Å². The van der Waals surface area contributed by atoms with Crippen LogP contribution in [0.1, 0.15) is 30.2 Å². The van der Waals surface area contributed by atoms with Crippen molar-refractivity contribution in [1.82, 2.24) is 15.0 Å². The first-order valence-electron chi connectivity index (χ1n) is 5.39. The Labute approximate surface area is 108 Å². The van der Waals surface area contributed by atoms with E-state index in [1.807, 2.05) is 37.3 Å². The Morgan fingerprint density at radius 1 is 1.29 bits per heavy atom. The summed E-state index contributed by atoms with van der Waals surface area (Å²) in [5, 5.41) is 18.1. The van der Waals surface area contributed by atoms with E-state index in [2.05, 4.69) is 26.2 Å². The number of aliphatic hydroxyl groups is 1. The van der Waals surface area contributed by atoms with Gasteiger partial charge in [-0.25, -0.2) is 4.68 Å². The van der Waals surface area contributed by atoms with E-state index in [4.69, 9.17) is 0 Å². The lowest BCUT2D eigenvalue weighted by Gasteiger charge is -2.19. The summed E-state index contributed by atoms with van der Waals surface area (Å²) in [7, 11) is 1.77. The van der Waals surface area contributed by atoms with Crippen LogP contribution >= 0.6 is 15.9 Å². The highest BCUT2D eigenvalue weighted by Crippen LogP contribution is 2.32. The molecule has 17 heavy (non-hydrogen) atoms. The van der Waals surface area contributed by atoms with E-state index in [9.17, 15) is 5.11 Å². The van der Waals surface area contributed by atoms with Crippen LogP contribution in [-0.4, -0.2) is 20.1 Å². The van der Waals surface area contributed by atoms with Crippen molar-refractivity contribution in [3.8, 4) is 0 Å². The second-order valence-corrected chi connectivity index (χ2v) is 4.78. The second-order valence-electron chi connectivity index (χ2n) is 4.03. The molecule has 0 spiro atoms. The molecular formula is C12H14BrN3O. The molecule has 2 atom stereocenters. The molecule has 1 aromatic heterocycles. The SMILES string of the molecule is CC(c1ccccc1)C(O)c1c(Br)nnn1C. The number of aromatic nitrogens is 3. The molecule has 1 aromatic carbocycles. The van der Waals surface area contributed by atoms with Gasteiger partial charge in [0, 0.05) is 13.0 Å². The largest absolute Gasteiger partial charge is 0.386 e. The van der Waals surface area contributed by atoms with Crippen LogP contribution in [0.5, 0.6) is 0 Å². The van der Waals surface area contributed by atoms with Crippen molar-refractivity contribution < 1.29 is 5.11 Å². The monoisotopic (exact) mass is 295 g/mol. The van der Waals surface area contributed by atoms with E-state index in [0.717, 1.165) is 5.56 Å². The van der Waals surface area contributed by atoms with Crippen molar-refractivity contribution in [3.63, 3.8) is 0 Å². The van der Waals surface area contributed by atoms with Gasteiger partial charge in [0.05, 0.1) is 0 Å². The van der Waals surface area contributed by atoms with Crippen LogP contribution < -0.4 is 0 Å². The first-order valence-corrected chi connectivity index (χ1v) is 6.18. The summed E-state index contributed by atoms with van der Waals surface area (Å²) in [5.41, 5.74) is 1.79. The molecule has 0 saturated heterocycles. The highest BCUT2D eigenvalue weighted by molar-refractivity contribution is 9.10. The quantitative estimate of drug-likeness (QED) is 0.946. The molecule has 1 heterocycles. The summed E-state index contributed by atoms with van der Waals surface area (Å²) in [6.07, 6.45) is -0.633. The molecule has 1 N–H and O–H groups in total. The Morgan fingerprint density at radius 2 is 1.94 bits per heavy atom. The predicted molar refractivity (Wildman–Crippen MR) is 68.5 cm³/mol. The Morgan fingerprint density at radius 3 is 2.47 bits per heavy atom. The number of benzene rings is 1. The van der Waals surface area contributed by atoms with Gasteiger partial charge in [0.2, 0.25) is 0 Å². The maximum Gasteiger partial charge on any atom is 0.154 e. The van der Waals surface area contributed by atoms with Gasteiger partial charge in [0.15, 0.2) is 4.60 Å². The van der Waals surface area contributed by atoms with E-state index >= 15 is 0 Å². The highest BCUT2D eigenvalue weighted by Gasteiger charge is 2.24. The zero-order valence-electron chi connectivity index (χ0n) is 9.71. The van der Waals surface area contributed by atoms with Crippen molar-refractivity contribution in [3.05, 3.63) is 46.2 Å². The van der Waals surface area contributed by atoms with Crippen LogP contribution in [0.4, 0.5) is 0 Å². The van der Waals surface area contributed by atoms with Gasteiger partial charge in [0.1, 0.15) is 11.8 Å². The van der Waals surface area contributed by atoms with Crippen LogP contribution in [0.3, 0.4) is 0 Å². The first kappa shape index (κ1) is 12.3. The highest BCUT2D eigenvalue weighted by atomic mass is 79.9. The standard InChI is InChI=1S/C12H14BrN3O/c1-8(9-6-4-3-5-7-9)11(17)10-12(13)14-15-16(10)2/h3-8,11,17H,1-2H3. The average molecular weight is 296 g/mol. The summed E-state index contributed by atoms with van der Waals surface area (Å²) in [4.78, 5) is 0. The molecule has 0 radical (unpaired) electrons. The number of hydrogen-bond donors (Lipinski definition) is 1. The molecule has 2 unspecified atom stereocenters. The molecule has 0 amide bonds. The minimum Gasteiger partial charge on any atom is -0.386 e. The molecule has 0 aliphatic carbocycles. The number of aliphatic hydroxyl groups excluding tert-OH is 1. The fraction of sp³-hybridized carbons (Fsp3) is 0.333. The van der Waals surface area contributed by atoms with Crippen molar-refractivity contribution in [2.45, 2.75) is 18.9 Å². The third kappa shape index (κ3) is 2.40. The van der Waals surface area contributed by atoms with Gasteiger partial charge in [-0.3, -0.25) is 0 Å². The predicted octanol–water partition coefficient (Wildman–Crippen LogP) is 2.41. The average Bonchev–Trinajstić information content (AvgIpc) is 2.68. The molecule has 0 saturated carbocycles. The number of nitrogens with zero attached hydrogens (tertiary/aromatic N) is 3. The smallest absolute Gasteiger partial charge is 0.154 e. The number of rotatable bonds is 3. The van der Waals surface area contributed by atoms with Gasteiger partial charge in [-0.15, -0.1) is 5.10 Å². The maximum absolute atomic E-state index is 10.4. The number of halogens is 1. The van der Waals surface area contributed by atoms with E-state index in [0.29, 0.717) is 10.3 Å². The number of aryl methyl sites for hydroxylation is 1. The van der Waals surface area contributed by atoms with Crippen molar-refractivity contribution in [1.29, 1.82) is 0 Å². The van der Waals surface area contributed by atoms with Crippen LogP contribution in [0.15, 0.2) is 34.9 Å². The van der Waals surface area contributed by atoms with Gasteiger partial charge in [-0.1, -0.05) is 42.5 Å². The first-order chi connectivity index (χ1) is 8.11. The molecule has 0 fully saturated rings. The van der Waals surface area contributed by atoms with Gasteiger partial charge < -0.3 is 5.11 Å². The fourth-order valence-corrected chi connectivity index (χ4v) is 2.39. The third-order valence-electron chi connectivity index (χ3n) is 2.91. The summed E-state index contributed by atoms with van der Waals surface area (Å²) in [5.74, 6) is -0.00954. The Balaban J connectivity index is 2.30. The fourth-order valence-electron chi connectivity index (χ4n) is 1.83. The Bertz CT molecular complexity index is 478. The summed E-state index contributed by atoms with van der Waals surface area (Å²) in [6.45, 7) is 1.99. The minimum absolute atomic E-state index is 0.00954. The van der Waals surface area contributed by atoms with Gasteiger partial charge in [0.25, 0.3) is 0 Å². The van der Waals surface area contributed by atoms with Crippen LogP contribution in [-0.2, 0) is 7.05 Å². The van der Waals surface area contributed by atoms with Crippen molar-refractivity contribution >= 4 is 15.9 Å². The maximum atomic E-state index is 10.4. The lowest BCUT2D eigenvalue weighted by Crippen LogP contribution is -2.12. The zero-order valence-corrected chi connectivity index (χ0v) is 11.3. The molecule has 4 nitrogen and oxygen atoms in total. The number of hydrogen-bond acceptors (Lipinski definition) is 3. The lowest BCUT2D eigenvalue weighted by atomic mass is 9.94. The Hall–Kier alpha value is -1.20. The summed E-state index contributed by atoms with van der Waals surface area (Å²) < 4.78 is 2.18. The van der Waals surface area contributed by atoms with Gasteiger partial charge in [-0.2, -0.15) is 0 Å². The van der Waals surface area contributed by atoms with E-state index in [-0.39, 0.29) is 5.92 Å². The van der Waals surface area contributed by atoms with Crippen LogP contribution in [0.2, 0.25) is 0 Å². The van der Waals surface area contributed by atoms with Crippen LogP contribution in [0.25, 0.3) is 0 Å². The van der Waals surface area contributed by atoms with Crippen LogP contribution in [0, 0.1) is 0 Å². The van der Waals surface area contributed by atoms with E-state index < -0.39 is 6.10 Å². The molecule has 0 bridgehead atoms. The molecule has 0 aliphatic rings. The van der Waals surface area contributed by atoms with Crippen molar-refractivity contribution in [2.24, 2.45) is 7.05 Å². The van der Waals surface area contributed by atoms with Gasteiger partial charge >= 0.3 is 0 Å². The molecule has 90 valence electrons. The Kier molecular flexibility index (Phi) is 3.59. The third-order valence-corrected chi connectivity index (χ3v) is 3.47. The second kappa shape index (κ2) is 4.98. The zero-order chi connectivity index (χ0) is 12.4. The molecular weight excluding hydrogens is 282 g/mol.